The molecule has 7 nitrogen and oxygen atoms in total. The van der Waals surface area contributed by atoms with E-state index >= 15 is 0 Å². The van der Waals surface area contributed by atoms with Gasteiger partial charge in [0, 0.05) is 11.8 Å². The smallest absolute Gasteiger partial charge is 0.388 e. The van der Waals surface area contributed by atoms with Crippen LogP contribution in [0.25, 0.3) is 16.7 Å². The number of aromatic nitrogens is 3. The fourth-order valence-corrected chi connectivity index (χ4v) is 3.20. The molecule has 0 atom stereocenters. The lowest BCUT2D eigenvalue weighted by Gasteiger charge is -2.11. The van der Waals surface area contributed by atoms with E-state index in [4.69, 9.17) is 0 Å². The van der Waals surface area contributed by atoms with Crippen molar-refractivity contribution in [2.24, 2.45) is 0 Å². The third-order valence-corrected chi connectivity index (χ3v) is 4.26. The van der Waals surface area contributed by atoms with Crippen molar-refractivity contribution in [1.82, 2.24) is 14.8 Å². The molecule has 0 aliphatic carbocycles. The molecule has 0 unspecified atom stereocenters. The molecule has 3 rings (SSSR count). The zero-order valence-electron chi connectivity index (χ0n) is 12.9. The summed E-state index contributed by atoms with van der Waals surface area (Å²) in [6.07, 6.45) is 0. The summed E-state index contributed by atoms with van der Waals surface area (Å²) < 4.78 is 52.5. The van der Waals surface area contributed by atoms with Gasteiger partial charge in [-0.25, -0.2) is 8.42 Å². The molecule has 10 heteroatoms. The fraction of sp³-hybridized carbons (Fsp3) is 0.200. The zero-order chi connectivity index (χ0) is 18.1. The number of hydrogen-bond donors (Lipinski definition) is 2. The topological polar surface area (TPSA) is 94.0 Å². The van der Waals surface area contributed by atoms with Gasteiger partial charge >= 0.3 is 6.61 Å². The van der Waals surface area contributed by atoms with Crippen molar-refractivity contribution in [3.05, 3.63) is 51.8 Å². The van der Waals surface area contributed by atoms with E-state index in [2.05, 4.69) is 14.9 Å². The number of H-pyrrole nitrogens is 1. The van der Waals surface area contributed by atoms with Crippen LogP contribution in [0.4, 0.5) is 8.78 Å². The summed E-state index contributed by atoms with van der Waals surface area (Å²) in [6.45, 7) is -1.39. The molecule has 25 heavy (non-hydrogen) atoms. The number of benzene rings is 1. The second-order valence-electron chi connectivity index (χ2n) is 5.28. The number of nitrogens with one attached hydrogen (secondary N) is 1. The summed E-state index contributed by atoms with van der Waals surface area (Å²) in [5, 5.41) is 6.21. The van der Waals surface area contributed by atoms with E-state index in [1.54, 1.807) is 25.1 Å². The van der Waals surface area contributed by atoms with Gasteiger partial charge in [-0.15, -0.1) is 5.10 Å². The number of aryl methyl sites for hydroxylation is 1. The van der Waals surface area contributed by atoms with Crippen molar-refractivity contribution in [2.45, 2.75) is 19.3 Å². The lowest BCUT2D eigenvalue weighted by atomic mass is 10.1. The van der Waals surface area contributed by atoms with Gasteiger partial charge in [0.25, 0.3) is 11.4 Å². The number of hydrogen-bond acceptors (Lipinski definition) is 5. The van der Waals surface area contributed by atoms with Crippen LogP contribution in [0.15, 0.2) is 35.1 Å². The summed E-state index contributed by atoms with van der Waals surface area (Å²) >= 11 is 0. The van der Waals surface area contributed by atoms with Crippen LogP contribution in [0, 0.1) is 6.92 Å². The molecule has 132 valence electrons. The molecule has 0 saturated carbocycles. The summed E-state index contributed by atoms with van der Waals surface area (Å²) in [5.41, 5.74) is 1.60. The largest absolute Gasteiger partial charge is 0.413 e. The fourth-order valence-electron chi connectivity index (χ4n) is 2.56. The van der Waals surface area contributed by atoms with Gasteiger partial charge in [-0.05, 0) is 36.2 Å². The van der Waals surface area contributed by atoms with Crippen molar-refractivity contribution in [3.8, 4) is 11.6 Å². The molecular weight excluding hydrogens is 356 g/mol. The quantitative estimate of drug-likeness (QED) is 0.668. The number of alkyl halides is 2. The Balaban J connectivity index is 2.21. The van der Waals surface area contributed by atoms with Crippen LogP contribution in [0.5, 0.6) is 5.88 Å². The summed E-state index contributed by atoms with van der Waals surface area (Å²) in [6, 6.07) is 7.41. The van der Waals surface area contributed by atoms with E-state index in [9.17, 15) is 22.0 Å². The minimum absolute atomic E-state index is 0.0786. The van der Waals surface area contributed by atoms with Crippen LogP contribution in [-0.2, 0) is 16.5 Å². The molecule has 0 fully saturated rings. The Kier molecular flexibility index (Phi) is 4.53. The number of fused-ring (bicyclic) bond motifs is 1. The Bertz CT molecular complexity index is 1060. The van der Waals surface area contributed by atoms with Gasteiger partial charge in [-0.2, -0.15) is 8.78 Å². The van der Waals surface area contributed by atoms with E-state index in [1.807, 2.05) is 0 Å². The molecular formula is C15H13F2N3O4S. The number of pyridine rings is 1. The molecule has 0 radical (unpaired) electrons. The highest BCUT2D eigenvalue weighted by Gasteiger charge is 2.18. The lowest BCUT2D eigenvalue weighted by molar-refractivity contribution is -0.0520. The highest BCUT2D eigenvalue weighted by atomic mass is 32.2. The standard InChI is InChI=1S/C15H13F2N3O4S/c1-8-6-10(3-2-9(8)7-25(22)23)20-12(21)5-4-11-13(20)14(19-18-11)24-15(16)17/h2-6,15,25H,7H2,1H3,(H,18,19). The number of thiol groups is 1. The number of ether oxygens (including phenoxy) is 1. The molecule has 0 saturated heterocycles. The first-order chi connectivity index (χ1) is 11.9. The van der Waals surface area contributed by atoms with Crippen molar-refractivity contribution < 1.29 is 21.9 Å². The summed E-state index contributed by atoms with van der Waals surface area (Å²) in [7, 11) is -2.59. The minimum Gasteiger partial charge on any atom is -0.413 e. The lowest BCUT2D eigenvalue weighted by Crippen LogP contribution is -2.18. The van der Waals surface area contributed by atoms with E-state index in [1.165, 1.54) is 16.7 Å². The normalized spacial score (nSPS) is 11.6. The maximum absolute atomic E-state index is 12.6. The molecule has 0 spiro atoms. The Labute approximate surface area is 141 Å². The zero-order valence-corrected chi connectivity index (χ0v) is 13.8. The highest BCUT2D eigenvalue weighted by Crippen LogP contribution is 2.26. The number of nitrogens with zero attached hydrogens (tertiary/aromatic N) is 2. The van der Waals surface area contributed by atoms with Crippen LogP contribution < -0.4 is 10.3 Å². The minimum atomic E-state index is -3.09. The van der Waals surface area contributed by atoms with Crippen molar-refractivity contribution in [3.63, 3.8) is 0 Å². The third kappa shape index (κ3) is 3.38. The first-order valence-electron chi connectivity index (χ1n) is 7.13. The van der Waals surface area contributed by atoms with Crippen molar-refractivity contribution in [2.75, 3.05) is 0 Å². The van der Waals surface area contributed by atoms with Gasteiger partial charge in [-0.1, -0.05) is 6.07 Å². The molecule has 3 aromatic rings. The second kappa shape index (κ2) is 6.63. The maximum Gasteiger partial charge on any atom is 0.388 e. The monoisotopic (exact) mass is 369 g/mol. The molecule has 0 aliphatic rings. The van der Waals surface area contributed by atoms with Crippen LogP contribution in [-0.4, -0.2) is 29.8 Å². The third-order valence-electron chi connectivity index (χ3n) is 3.66. The van der Waals surface area contributed by atoms with Crippen LogP contribution in [0.1, 0.15) is 11.1 Å². The van der Waals surface area contributed by atoms with Gasteiger partial charge in [0.05, 0.1) is 11.3 Å². The van der Waals surface area contributed by atoms with Crippen LogP contribution in [0.2, 0.25) is 0 Å². The predicted octanol–water partition coefficient (Wildman–Crippen LogP) is 1.74. The summed E-state index contributed by atoms with van der Waals surface area (Å²) in [4.78, 5) is 12.3. The van der Waals surface area contributed by atoms with Crippen LogP contribution >= 0.6 is 0 Å². The number of halogens is 2. The SMILES string of the molecule is Cc1cc(-n2c(=O)ccc3[nH]nc(OC(F)F)c32)ccc1C[SH](=O)=O. The van der Waals surface area contributed by atoms with Gasteiger partial charge < -0.3 is 4.74 Å². The highest BCUT2D eigenvalue weighted by molar-refractivity contribution is 7.71. The van der Waals surface area contributed by atoms with Gasteiger partial charge in [0.15, 0.2) is 0 Å². The Morgan fingerprint density at radius 1 is 1.28 bits per heavy atom. The van der Waals surface area contributed by atoms with Gasteiger partial charge in [0.2, 0.25) is 0 Å². The average molecular weight is 369 g/mol. The van der Waals surface area contributed by atoms with E-state index in [-0.39, 0.29) is 11.3 Å². The maximum atomic E-state index is 12.6. The Morgan fingerprint density at radius 3 is 2.68 bits per heavy atom. The molecule has 1 aromatic carbocycles. The second-order valence-corrected chi connectivity index (χ2v) is 6.26. The van der Waals surface area contributed by atoms with Crippen molar-refractivity contribution in [1.29, 1.82) is 0 Å². The Morgan fingerprint density at radius 2 is 2.04 bits per heavy atom. The first-order valence-corrected chi connectivity index (χ1v) is 8.49. The van der Waals surface area contributed by atoms with Crippen molar-refractivity contribution >= 4 is 21.7 Å². The van der Waals surface area contributed by atoms with Crippen LogP contribution in [0.3, 0.4) is 0 Å². The Hall–Kier alpha value is -2.75. The van der Waals surface area contributed by atoms with E-state index < -0.39 is 28.8 Å². The van der Waals surface area contributed by atoms with Gasteiger partial charge in [-0.3, -0.25) is 14.5 Å². The molecule has 0 aliphatic heterocycles. The molecule has 0 amide bonds. The van der Waals surface area contributed by atoms with E-state index in [0.717, 1.165) is 0 Å². The average Bonchev–Trinajstić information content (AvgIpc) is 2.91. The van der Waals surface area contributed by atoms with Gasteiger partial charge in [0.1, 0.15) is 16.2 Å². The van der Waals surface area contributed by atoms with E-state index in [0.29, 0.717) is 22.3 Å². The predicted molar refractivity (Wildman–Crippen MR) is 87.1 cm³/mol. The molecule has 2 aromatic heterocycles. The molecule has 0 bridgehead atoms. The number of aromatic amines is 1. The molecule has 2 heterocycles. The molecule has 1 N–H and O–H groups in total. The number of rotatable bonds is 5. The summed E-state index contributed by atoms with van der Waals surface area (Å²) in [5.74, 6) is -0.515. The first kappa shape index (κ1) is 17.1.